The molecule has 0 spiro atoms. The summed E-state index contributed by atoms with van der Waals surface area (Å²) in [6.07, 6.45) is 1.04. The molecule has 2 fully saturated rings. The Hall–Kier alpha value is -2.30. The Bertz CT molecular complexity index is 1060. The molecule has 2 bridgehead atoms. The molecule has 0 radical (unpaired) electrons. The summed E-state index contributed by atoms with van der Waals surface area (Å²) in [5.74, 6) is -3.65. The van der Waals surface area contributed by atoms with E-state index in [9.17, 15) is 21.6 Å². The maximum Gasteiger partial charge on any atom is 0.331 e. The fourth-order valence-electron chi connectivity index (χ4n) is 4.53. The van der Waals surface area contributed by atoms with Gasteiger partial charge in [0.1, 0.15) is 11.5 Å². The van der Waals surface area contributed by atoms with Gasteiger partial charge in [0.05, 0.1) is 11.4 Å². The molecule has 0 aliphatic carbocycles. The first kappa shape index (κ1) is 18.7. The number of nitrogens with zero attached hydrogens (tertiary/aromatic N) is 3. The van der Waals surface area contributed by atoms with Gasteiger partial charge in [0.25, 0.3) is 0 Å². The van der Waals surface area contributed by atoms with Gasteiger partial charge < -0.3 is 5.32 Å². The summed E-state index contributed by atoms with van der Waals surface area (Å²) in [5, 5.41) is 3.40. The molecule has 1 N–H and O–H groups in total. The van der Waals surface area contributed by atoms with Crippen LogP contribution in [0.5, 0.6) is 0 Å². The summed E-state index contributed by atoms with van der Waals surface area (Å²) in [6.45, 7) is 2.40. The molecule has 5 rings (SSSR count). The van der Waals surface area contributed by atoms with Crippen LogP contribution in [0.3, 0.4) is 0 Å². The van der Waals surface area contributed by atoms with Crippen LogP contribution in [0.15, 0.2) is 36.4 Å². The molecular formula is C19H19F3N4O2S. The molecule has 10 heteroatoms. The second-order valence-corrected chi connectivity index (χ2v) is 9.24. The van der Waals surface area contributed by atoms with Gasteiger partial charge >= 0.3 is 10.2 Å². The maximum absolute atomic E-state index is 14.4. The van der Waals surface area contributed by atoms with Gasteiger partial charge in [-0.2, -0.15) is 8.42 Å². The van der Waals surface area contributed by atoms with Crippen molar-refractivity contribution >= 4 is 27.3 Å². The van der Waals surface area contributed by atoms with E-state index in [4.69, 9.17) is 0 Å². The first-order valence-electron chi connectivity index (χ1n) is 9.40. The molecule has 3 heterocycles. The Morgan fingerprint density at radius 2 is 1.72 bits per heavy atom. The summed E-state index contributed by atoms with van der Waals surface area (Å²) in [6, 6.07) is 8.12. The van der Waals surface area contributed by atoms with E-state index in [2.05, 4.69) is 10.2 Å². The molecule has 2 atom stereocenters. The predicted molar refractivity (Wildman–Crippen MR) is 103 cm³/mol. The number of fused-ring (bicyclic) bond motifs is 3. The van der Waals surface area contributed by atoms with Gasteiger partial charge in [-0.3, -0.25) is 4.90 Å². The van der Waals surface area contributed by atoms with Gasteiger partial charge in [0.15, 0.2) is 11.6 Å². The SMILES string of the molecule is O=S1(=O)N(CCN2CC3CC2CN3)c2ccccc2N1c1c(F)cc(F)cc1F. The Balaban J connectivity index is 1.51. The lowest BCUT2D eigenvalue weighted by molar-refractivity contribution is 0.233. The van der Waals surface area contributed by atoms with Crippen LogP contribution in [0.1, 0.15) is 6.42 Å². The van der Waals surface area contributed by atoms with Gasteiger partial charge in [-0.05, 0) is 18.6 Å². The van der Waals surface area contributed by atoms with Gasteiger partial charge in [-0.15, -0.1) is 0 Å². The van der Waals surface area contributed by atoms with Crippen LogP contribution in [0.2, 0.25) is 0 Å². The number of piperazine rings is 1. The molecule has 3 aliphatic rings. The van der Waals surface area contributed by atoms with Crippen LogP contribution in [0.25, 0.3) is 0 Å². The summed E-state index contributed by atoms with van der Waals surface area (Å²) >= 11 is 0. The molecular weight excluding hydrogens is 405 g/mol. The Morgan fingerprint density at radius 1 is 1.03 bits per heavy atom. The highest BCUT2D eigenvalue weighted by Crippen LogP contribution is 2.46. The third-order valence-electron chi connectivity index (χ3n) is 5.82. The van der Waals surface area contributed by atoms with Crippen molar-refractivity contribution < 1.29 is 21.6 Å². The van der Waals surface area contributed by atoms with E-state index in [0.717, 1.165) is 19.5 Å². The van der Waals surface area contributed by atoms with Crippen LogP contribution in [0.4, 0.5) is 30.2 Å². The number of hydrogen-bond acceptors (Lipinski definition) is 4. The van der Waals surface area contributed by atoms with Crippen LogP contribution < -0.4 is 13.9 Å². The molecule has 0 saturated carbocycles. The van der Waals surface area contributed by atoms with E-state index in [0.29, 0.717) is 40.8 Å². The van der Waals surface area contributed by atoms with Gasteiger partial charge in [0.2, 0.25) is 0 Å². The van der Waals surface area contributed by atoms with Crippen molar-refractivity contribution in [3.05, 3.63) is 53.8 Å². The number of benzene rings is 2. The second kappa shape index (κ2) is 6.61. The molecule has 154 valence electrons. The molecule has 0 amide bonds. The summed E-state index contributed by atoms with van der Waals surface area (Å²) in [5.41, 5.74) is -0.314. The maximum atomic E-state index is 14.4. The summed E-state index contributed by atoms with van der Waals surface area (Å²) < 4.78 is 70.6. The van der Waals surface area contributed by atoms with Crippen LogP contribution in [-0.4, -0.2) is 51.6 Å². The Morgan fingerprint density at radius 3 is 2.34 bits per heavy atom. The third kappa shape index (κ3) is 2.89. The predicted octanol–water partition coefficient (Wildman–Crippen LogP) is 2.35. The monoisotopic (exact) mass is 424 g/mol. The largest absolute Gasteiger partial charge is 0.331 e. The average molecular weight is 424 g/mol. The Kier molecular flexibility index (Phi) is 4.27. The van der Waals surface area contributed by atoms with Gasteiger partial charge in [-0.25, -0.2) is 21.8 Å². The molecule has 2 saturated heterocycles. The quantitative estimate of drug-likeness (QED) is 0.819. The fourth-order valence-corrected chi connectivity index (χ4v) is 6.26. The molecule has 2 aromatic carbocycles. The van der Waals surface area contributed by atoms with E-state index in [1.54, 1.807) is 18.2 Å². The van der Waals surface area contributed by atoms with Crippen molar-refractivity contribution in [2.45, 2.75) is 18.5 Å². The summed E-state index contributed by atoms with van der Waals surface area (Å²) in [4.78, 5) is 2.24. The second-order valence-electron chi connectivity index (χ2n) is 7.54. The number of likely N-dealkylation sites (tertiary alicyclic amines) is 1. The van der Waals surface area contributed by atoms with Crippen molar-refractivity contribution in [3.63, 3.8) is 0 Å². The van der Waals surface area contributed by atoms with Gasteiger partial charge in [-0.1, -0.05) is 12.1 Å². The van der Waals surface area contributed by atoms with Crippen molar-refractivity contribution in [3.8, 4) is 0 Å². The van der Waals surface area contributed by atoms with Crippen LogP contribution in [-0.2, 0) is 10.2 Å². The number of para-hydroxylation sites is 2. The van der Waals surface area contributed by atoms with Crippen molar-refractivity contribution in [2.24, 2.45) is 0 Å². The molecule has 0 aromatic heterocycles. The topological polar surface area (TPSA) is 55.9 Å². The minimum absolute atomic E-state index is 0.140. The Labute approximate surface area is 166 Å². The standard InChI is InChI=1S/C19H19F3N4O2S/c20-12-7-15(21)19(16(22)8-12)26-18-4-2-1-3-17(18)25(29(26,27)28)6-5-24-11-13-9-14(24)10-23-13/h1-4,7-8,13-14,23H,5-6,9-11H2. The molecule has 2 unspecified atom stereocenters. The molecule has 3 aliphatic heterocycles. The van der Waals surface area contributed by atoms with E-state index in [1.165, 1.54) is 10.4 Å². The zero-order valence-electron chi connectivity index (χ0n) is 15.4. The van der Waals surface area contributed by atoms with E-state index >= 15 is 0 Å². The van der Waals surface area contributed by atoms with E-state index in [1.807, 2.05) is 0 Å². The normalized spacial score (nSPS) is 25.1. The highest BCUT2D eigenvalue weighted by Gasteiger charge is 2.44. The zero-order chi connectivity index (χ0) is 20.3. The number of nitrogens with one attached hydrogen (secondary N) is 1. The smallest absolute Gasteiger partial charge is 0.311 e. The molecule has 6 nitrogen and oxygen atoms in total. The lowest BCUT2D eigenvalue weighted by atomic mass is 10.2. The van der Waals surface area contributed by atoms with Crippen molar-refractivity contribution in [1.29, 1.82) is 0 Å². The lowest BCUT2D eigenvalue weighted by Gasteiger charge is -2.29. The minimum Gasteiger partial charge on any atom is -0.311 e. The fraction of sp³-hybridized carbons (Fsp3) is 0.368. The first-order chi connectivity index (χ1) is 13.9. The lowest BCUT2D eigenvalue weighted by Crippen LogP contribution is -2.47. The van der Waals surface area contributed by atoms with E-state index < -0.39 is 33.3 Å². The van der Waals surface area contributed by atoms with Crippen molar-refractivity contribution in [1.82, 2.24) is 10.2 Å². The molecule has 2 aromatic rings. The zero-order valence-corrected chi connectivity index (χ0v) is 16.2. The highest BCUT2D eigenvalue weighted by atomic mass is 32.2. The number of anilines is 3. The highest BCUT2D eigenvalue weighted by molar-refractivity contribution is 7.95. The average Bonchev–Trinajstić information content (AvgIpc) is 3.33. The van der Waals surface area contributed by atoms with E-state index in [-0.39, 0.29) is 12.2 Å². The van der Waals surface area contributed by atoms with Crippen LogP contribution in [0, 0.1) is 17.5 Å². The number of rotatable bonds is 4. The van der Waals surface area contributed by atoms with Crippen molar-refractivity contribution in [2.75, 3.05) is 34.8 Å². The summed E-state index contributed by atoms with van der Waals surface area (Å²) in [7, 11) is -4.28. The first-order valence-corrected chi connectivity index (χ1v) is 10.8. The van der Waals surface area contributed by atoms with Gasteiger partial charge in [0, 0.05) is 50.4 Å². The third-order valence-corrected chi connectivity index (χ3v) is 7.60. The number of hydrogen-bond donors (Lipinski definition) is 1. The molecule has 29 heavy (non-hydrogen) atoms. The van der Waals surface area contributed by atoms with Crippen LogP contribution >= 0.6 is 0 Å². The minimum atomic E-state index is -4.28. The number of halogens is 3.